The second-order valence-electron chi connectivity index (χ2n) is 9.37. The fraction of sp³-hybridized carbons (Fsp3) is 0.194. The fourth-order valence-corrected chi connectivity index (χ4v) is 18.2. The maximum atomic E-state index is 12.8. The van der Waals surface area contributed by atoms with Crippen LogP contribution in [0, 0.1) is 0 Å². The largest absolute Gasteiger partial charge is 1.00 e. The summed E-state index contributed by atoms with van der Waals surface area (Å²) in [7, 11) is -3.43. The van der Waals surface area contributed by atoms with Crippen molar-refractivity contribution < 1.29 is 52.7 Å². The second-order valence-corrected chi connectivity index (χ2v) is 17.1. The smallest absolute Gasteiger partial charge is 0.133 e. The molecular formula is C31H32I2OP2. The zero-order valence-electron chi connectivity index (χ0n) is 20.5. The van der Waals surface area contributed by atoms with E-state index >= 15 is 0 Å². The molecule has 1 heterocycles. The number of hydrogen-bond donors (Lipinski definition) is 0. The Morgan fingerprint density at radius 1 is 0.611 bits per heavy atom. The molecule has 0 radical (unpaired) electrons. The molecule has 0 aliphatic carbocycles. The molecule has 1 atom stereocenters. The lowest BCUT2D eigenvalue weighted by atomic mass is 10.2. The summed E-state index contributed by atoms with van der Waals surface area (Å²) in [5.41, 5.74) is 0.345. The summed E-state index contributed by atoms with van der Waals surface area (Å²) in [6.07, 6.45) is 4.08. The molecule has 0 amide bonds. The Labute approximate surface area is 251 Å². The van der Waals surface area contributed by atoms with E-state index in [4.69, 9.17) is 0 Å². The van der Waals surface area contributed by atoms with Gasteiger partial charge in [0.1, 0.15) is 29.9 Å². The van der Waals surface area contributed by atoms with E-state index in [0.29, 0.717) is 17.9 Å². The predicted molar refractivity (Wildman–Crippen MR) is 152 cm³/mol. The third kappa shape index (κ3) is 5.65. The van der Waals surface area contributed by atoms with Crippen LogP contribution in [0.4, 0.5) is 0 Å². The van der Waals surface area contributed by atoms with Gasteiger partial charge in [-0.2, -0.15) is 0 Å². The summed E-state index contributed by atoms with van der Waals surface area (Å²) in [6, 6.07) is 44.5. The van der Waals surface area contributed by atoms with Crippen LogP contribution in [0.15, 0.2) is 121 Å². The summed E-state index contributed by atoms with van der Waals surface area (Å²) in [5, 5.41) is 5.86. The van der Waals surface area contributed by atoms with Crippen LogP contribution in [-0.4, -0.2) is 29.9 Å². The molecule has 5 rings (SSSR count). The molecule has 0 N–H and O–H groups in total. The molecule has 1 fully saturated rings. The lowest BCUT2D eigenvalue weighted by Gasteiger charge is -2.43. The van der Waals surface area contributed by atoms with Gasteiger partial charge in [0.25, 0.3) is 0 Å². The fourth-order valence-electron chi connectivity index (χ4n) is 5.92. The van der Waals surface area contributed by atoms with Gasteiger partial charge >= 0.3 is 0 Å². The van der Waals surface area contributed by atoms with Crippen molar-refractivity contribution in [3.05, 3.63) is 121 Å². The van der Waals surface area contributed by atoms with Gasteiger partial charge in [0.2, 0.25) is 0 Å². The van der Waals surface area contributed by atoms with E-state index in [1.807, 2.05) is 0 Å². The number of hydrogen-bond acceptors (Lipinski definition) is 1. The Morgan fingerprint density at radius 3 is 1.33 bits per heavy atom. The van der Waals surface area contributed by atoms with Gasteiger partial charge < -0.3 is 48.0 Å². The average Bonchev–Trinajstić information content (AvgIpc) is 2.90. The van der Waals surface area contributed by atoms with Gasteiger partial charge in [-0.1, -0.05) is 72.8 Å². The Bertz CT molecular complexity index is 1160. The molecule has 1 aliphatic rings. The van der Waals surface area contributed by atoms with Gasteiger partial charge in [-0.3, -0.25) is 4.79 Å². The molecule has 1 unspecified atom stereocenters. The molecule has 0 bridgehead atoms. The van der Waals surface area contributed by atoms with Gasteiger partial charge in [0.05, 0.1) is 35.7 Å². The highest BCUT2D eigenvalue weighted by Crippen LogP contribution is 2.74. The number of benzene rings is 4. The molecule has 1 nitrogen and oxygen atoms in total. The normalized spacial score (nSPS) is 17.8. The highest BCUT2D eigenvalue weighted by Gasteiger charge is 2.62. The standard InChI is InChI=1S/C31H32OP2.2HI/c1-26(32)24-31-25-33(27-14-6-2-7-15-27,28-16-8-3-9-17-28)22-23-34(31,29-18-10-4-11-19-29)30-20-12-5-13-21-30;;/h2-21,31H,22-25H2,1H3;2*1H/q+2;;/p-2. The molecule has 36 heavy (non-hydrogen) atoms. The van der Waals surface area contributed by atoms with Crippen LogP contribution in [0.25, 0.3) is 0 Å². The van der Waals surface area contributed by atoms with Crippen LogP contribution in [-0.2, 0) is 4.79 Å². The van der Waals surface area contributed by atoms with E-state index in [1.165, 1.54) is 27.4 Å². The molecular weight excluding hydrogens is 704 g/mol. The van der Waals surface area contributed by atoms with Crippen molar-refractivity contribution in [2.75, 3.05) is 18.5 Å². The Balaban J connectivity index is 0.00000180. The molecule has 0 spiro atoms. The minimum atomic E-state index is -1.77. The summed E-state index contributed by atoms with van der Waals surface area (Å²) in [6.45, 7) is 1.78. The zero-order valence-corrected chi connectivity index (χ0v) is 26.6. The number of carbonyl (C=O) groups is 1. The van der Waals surface area contributed by atoms with Crippen LogP contribution in [0.2, 0.25) is 0 Å². The van der Waals surface area contributed by atoms with E-state index in [0.717, 1.165) is 12.3 Å². The maximum absolute atomic E-state index is 12.8. The van der Waals surface area contributed by atoms with Gasteiger partial charge in [0.15, 0.2) is 0 Å². The van der Waals surface area contributed by atoms with Crippen molar-refractivity contribution in [2.45, 2.75) is 19.0 Å². The monoisotopic (exact) mass is 736 g/mol. The van der Waals surface area contributed by atoms with Crippen LogP contribution in [0.3, 0.4) is 0 Å². The molecule has 5 heteroatoms. The van der Waals surface area contributed by atoms with Gasteiger partial charge in [-0.15, -0.1) is 0 Å². The molecule has 4 aromatic carbocycles. The number of Topliss-reactive ketones (excluding diaryl/α,β-unsaturated/α-hetero) is 1. The van der Waals surface area contributed by atoms with Crippen molar-refractivity contribution in [1.29, 1.82) is 0 Å². The van der Waals surface area contributed by atoms with E-state index in [2.05, 4.69) is 121 Å². The van der Waals surface area contributed by atoms with Crippen LogP contribution in [0.5, 0.6) is 0 Å². The lowest BCUT2D eigenvalue weighted by Crippen LogP contribution is -3.00. The predicted octanol–water partition coefficient (Wildman–Crippen LogP) is -0.307. The van der Waals surface area contributed by atoms with E-state index in [-0.39, 0.29) is 48.0 Å². The minimum absolute atomic E-state index is 0. The van der Waals surface area contributed by atoms with Crippen LogP contribution < -0.4 is 69.2 Å². The number of rotatable bonds is 6. The second kappa shape index (κ2) is 13.1. The van der Waals surface area contributed by atoms with E-state index in [9.17, 15) is 4.79 Å². The van der Waals surface area contributed by atoms with Gasteiger partial charge in [-0.25, -0.2) is 0 Å². The molecule has 1 aliphatic heterocycles. The van der Waals surface area contributed by atoms with Gasteiger partial charge in [-0.05, 0) is 55.5 Å². The average molecular weight is 736 g/mol. The SMILES string of the molecule is CC(=O)CC1C[P+](c2ccccc2)(c2ccccc2)CC[P+]1(c1ccccc1)c1ccccc1.[I-].[I-]. The summed E-state index contributed by atoms with van der Waals surface area (Å²) in [4.78, 5) is 12.8. The quantitative estimate of drug-likeness (QED) is 0.197. The molecule has 1 saturated heterocycles. The molecule has 0 aromatic heterocycles. The van der Waals surface area contributed by atoms with Crippen molar-refractivity contribution in [1.82, 2.24) is 0 Å². The first-order valence-electron chi connectivity index (χ1n) is 12.1. The van der Waals surface area contributed by atoms with Crippen molar-refractivity contribution in [2.24, 2.45) is 0 Å². The summed E-state index contributed by atoms with van der Waals surface area (Å²) < 4.78 is 0. The third-order valence-corrected chi connectivity index (χ3v) is 17.7. The zero-order chi connectivity index (χ0) is 23.4. The van der Waals surface area contributed by atoms with Crippen molar-refractivity contribution in [3.8, 4) is 0 Å². The third-order valence-electron chi connectivity index (χ3n) is 7.44. The molecule has 0 saturated carbocycles. The Morgan fingerprint density at radius 2 is 0.972 bits per heavy atom. The van der Waals surface area contributed by atoms with Crippen LogP contribution >= 0.6 is 14.5 Å². The summed E-state index contributed by atoms with van der Waals surface area (Å²) in [5.74, 6) is 0.308. The summed E-state index contributed by atoms with van der Waals surface area (Å²) >= 11 is 0. The highest BCUT2D eigenvalue weighted by atomic mass is 127. The first kappa shape index (κ1) is 29.4. The first-order valence-corrected chi connectivity index (χ1v) is 16.3. The van der Waals surface area contributed by atoms with E-state index in [1.54, 1.807) is 6.92 Å². The topological polar surface area (TPSA) is 17.1 Å². The maximum Gasteiger partial charge on any atom is 0.133 e. The van der Waals surface area contributed by atoms with E-state index < -0.39 is 14.5 Å². The number of halogens is 2. The minimum Gasteiger partial charge on any atom is -1.00 e. The lowest BCUT2D eigenvalue weighted by molar-refractivity contribution is -0.116. The van der Waals surface area contributed by atoms with Crippen molar-refractivity contribution in [3.63, 3.8) is 0 Å². The number of carbonyl (C=O) groups excluding carboxylic acids is 1. The van der Waals surface area contributed by atoms with Crippen LogP contribution in [0.1, 0.15) is 13.3 Å². The molecule has 186 valence electrons. The first-order chi connectivity index (χ1) is 16.6. The van der Waals surface area contributed by atoms with Gasteiger partial charge in [0, 0.05) is 6.42 Å². The van der Waals surface area contributed by atoms with Crippen molar-refractivity contribution >= 4 is 41.5 Å². The highest BCUT2D eigenvalue weighted by molar-refractivity contribution is 7.96. The molecule has 4 aromatic rings. The Hall–Kier alpha value is -1.13. The number of ketones is 1. The Kier molecular flexibility index (Phi) is 10.7.